The first-order chi connectivity index (χ1) is 22.6. The van der Waals surface area contributed by atoms with Crippen molar-refractivity contribution in [3.63, 3.8) is 0 Å². The van der Waals surface area contributed by atoms with Crippen LogP contribution in [-0.4, -0.2) is 12.1 Å². The molecule has 0 amide bonds. The fourth-order valence-electron chi connectivity index (χ4n) is 11.9. The number of hydrogen-bond acceptors (Lipinski definition) is 2. The summed E-state index contributed by atoms with van der Waals surface area (Å²) in [5.74, 6) is 6.61. The largest absolute Gasteiger partial charge is 0.462 e. The average Bonchev–Trinajstić information content (AvgIpc) is 3.41. The van der Waals surface area contributed by atoms with Crippen LogP contribution in [0.4, 0.5) is 0 Å². The van der Waals surface area contributed by atoms with Gasteiger partial charge in [-0.15, -0.1) is 0 Å². The molecular formula is C45H80O2. The lowest BCUT2D eigenvalue weighted by Gasteiger charge is -2.59. The zero-order valence-electron chi connectivity index (χ0n) is 32.6. The monoisotopic (exact) mass is 653 g/mol. The highest BCUT2D eigenvalue weighted by Gasteiger charge is 2.59. The Morgan fingerprint density at radius 1 is 0.787 bits per heavy atom. The first-order valence-corrected chi connectivity index (χ1v) is 21.5. The Hall–Kier alpha value is -0.790. The number of carbonyl (C=O) groups excluding carboxylic acids is 1. The minimum absolute atomic E-state index is 0.0773. The Bertz CT molecular complexity index is 936. The van der Waals surface area contributed by atoms with E-state index in [2.05, 4.69) is 60.6 Å². The lowest BCUT2D eigenvalue weighted by Crippen LogP contribution is -2.52. The maximum Gasteiger partial charge on any atom is 0.306 e. The number of allylic oxidation sites excluding steroid dienone is 2. The number of ether oxygens (including phenoxy) is 1. The van der Waals surface area contributed by atoms with Gasteiger partial charge in [0, 0.05) is 6.42 Å². The molecule has 10 atom stereocenters. The predicted molar refractivity (Wildman–Crippen MR) is 202 cm³/mol. The van der Waals surface area contributed by atoms with Gasteiger partial charge in [-0.05, 0) is 116 Å². The molecule has 3 saturated carbocycles. The highest BCUT2D eigenvalue weighted by molar-refractivity contribution is 5.69. The van der Waals surface area contributed by atoms with Crippen LogP contribution in [0.1, 0.15) is 203 Å². The molecule has 0 heterocycles. The second-order valence-corrected chi connectivity index (χ2v) is 18.3. The molecule has 4 aliphatic carbocycles. The molecule has 10 unspecified atom stereocenters. The highest BCUT2D eigenvalue weighted by Crippen LogP contribution is 2.66. The second-order valence-electron chi connectivity index (χ2n) is 18.3. The summed E-state index contributed by atoms with van der Waals surface area (Å²) in [4.78, 5) is 12.8. The van der Waals surface area contributed by atoms with Crippen molar-refractivity contribution in [2.75, 3.05) is 0 Å². The molecule has 0 aromatic heterocycles. The summed E-state index contributed by atoms with van der Waals surface area (Å²) < 4.78 is 6.16. The number of fused-ring (bicyclic) bond motifs is 5. The van der Waals surface area contributed by atoms with Gasteiger partial charge in [0.15, 0.2) is 0 Å². The number of rotatable bonds is 21. The van der Waals surface area contributed by atoms with Crippen LogP contribution in [0, 0.1) is 58.2 Å². The zero-order chi connectivity index (χ0) is 33.9. The summed E-state index contributed by atoms with van der Waals surface area (Å²) >= 11 is 0. The molecule has 0 aliphatic heterocycles. The van der Waals surface area contributed by atoms with Gasteiger partial charge in [-0.2, -0.15) is 0 Å². The van der Waals surface area contributed by atoms with Crippen LogP contribution >= 0.6 is 0 Å². The molecule has 4 aliphatic rings. The first kappa shape index (κ1) is 39.0. The number of hydrogen-bond donors (Lipinski definition) is 0. The van der Waals surface area contributed by atoms with Gasteiger partial charge in [0.2, 0.25) is 0 Å². The third-order valence-corrected chi connectivity index (χ3v) is 15.1. The normalized spacial score (nSPS) is 34.5. The quantitative estimate of drug-likeness (QED) is 0.0700. The smallest absolute Gasteiger partial charge is 0.306 e. The number of unbranched alkanes of at least 4 members (excludes halogenated alkanes) is 12. The third-order valence-electron chi connectivity index (χ3n) is 15.1. The van der Waals surface area contributed by atoms with Crippen molar-refractivity contribution in [2.45, 2.75) is 209 Å². The van der Waals surface area contributed by atoms with Gasteiger partial charge in [0.1, 0.15) is 6.10 Å². The molecule has 0 saturated heterocycles. The minimum Gasteiger partial charge on any atom is -0.462 e. The van der Waals surface area contributed by atoms with Crippen molar-refractivity contribution in [1.82, 2.24) is 0 Å². The Kier molecular flexibility index (Phi) is 15.8. The van der Waals surface area contributed by atoms with Gasteiger partial charge in [0.25, 0.3) is 0 Å². The topological polar surface area (TPSA) is 26.3 Å². The van der Waals surface area contributed by atoms with Gasteiger partial charge in [-0.3, -0.25) is 4.79 Å². The highest BCUT2D eigenvalue weighted by atomic mass is 16.5. The Morgan fingerprint density at radius 2 is 1.43 bits per heavy atom. The average molecular weight is 653 g/mol. The molecule has 2 nitrogen and oxygen atoms in total. The van der Waals surface area contributed by atoms with Gasteiger partial charge >= 0.3 is 5.97 Å². The van der Waals surface area contributed by atoms with Crippen molar-refractivity contribution in [3.05, 3.63) is 12.2 Å². The van der Waals surface area contributed by atoms with Crippen LogP contribution in [0.3, 0.4) is 0 Å². The molecule has 0 bridgehead atoms. The molecule has 0 N–H and O–H groups in total. The maximum absolute atomic E-state index is 12.8. The molecule has 0 radical (unpaired) electrons. The van der Waals surface area contributed by atoms with E-state index in [-0.39, 0.29) is 12.1 Å². The van der Waals surface area contributed by atoms with Gasteiger partial charge in [-0.1, -0.05) is 151 Å². The van der Waals surface area contributed by atoms with Crippen molar-refractivity contribution in [3.8, 4) is 0 Å². The van der Waals surface area contributed by atoms with E-state index < -0.39 is 0 Å². The molecular weight excluding hydrogens is 572 g/mol. The van der Waals surface area contributed by atoms with E-state index in [1.807, 2.05) is 0 Å². The van der Waals surface area contributed by atoms with Crippen LogP contribution in [0.5, 0.6) is 0 Å². The molecule has 0 spiro atoms. The van der Waals surface area contributed by atoms with Crippen LogP contribution in [-0.2, 0) is 9.53 Å². The lowest BCUT2D eigenvalue weighted by atomic mass is 9.46. The van der Waals surface area contributed by atoms with E-state index >= 15 is 0 Å². The van der Waals surface area contributed by atoms with Crippen molar-refractivity contribution in [2.24, 2.45) is 58.2 Å². The molecule has 2 heteroatoms. The van der Waals surface area contributed by atoms with Gasteiger partial charge in [0.05, 0.1) is 0 Å². The number of esters is 1. The molecule has 0 aromatic carbocycles. The molecule has 4 rings (SSSR count). The first-order valence-electron chi connectivity index (χ1n) is 21.5. The minimum atomic E-state index is 0.0773. The Balaban J connectivity index is 1.16. The standard InChI is InChI=1S/C45H80O2/c1-8-10-11-12-13-14-15-16-17-18-19-20-21-22-43(46)47-38-29-31-44(6)37(33-38)25-26-39-41-28-27-40(45(41,7)32-30-42(39)44)35(5)23-24-36(9-2)34(3)4/h30,32,34-42H,8-29,31,33H2,1-7H3. The van der Waals surface area contributed by atoms with Crippen molar-refractivity contribution >= 4 is 5.97 Å². The van der Waals surface area contributed by atoms with Crippen molar-refractivity contribution in [1.29, 1.82) is 0 Å². The fraction of sp³-hybridized carbons (Fsp3) is 0.933. The van der Waals surface area contributed by atoms with E-state index in [0.29, 0.717) is 23.2 Å². The summed E-state index contributed by atoms with van der Waals surface area (Å²) in [5, 5.41) is 0. The molecule has 272 valence electrons. The fourth-order valence-corrected chi connectivity index (χ4v) is 11.9. The summed E-state index contributed by atoms with van der Waals surface area (Å²) in [7, 11) is 0. The molecule has 3 fully saturated rings. The van der Waals surface area contributed by atoms with Crippen LogP contribution in [0.25, 0.3) is 0 Å². The molecule has 0 aromatic rings. The van der Waals surface area contributed by atoms with Gasteiger partial charge < -0.3 is 4.74 Å². The van der Waals surface area contributed by atoms with Crippen LogP contribution in [0.2, 0.25) is 0 Å². The van der Waals surface area contributed by atoms with Gasteiger partial charge in [-0.25, -0.2) is 0 Å². The summed E-state index contributed by atoms with van der Waals surface area (Å²) in [6, 6.07) is 0. The Morgan fingerprint density at radius 3 is 2.04 bits per heavy atom. The molecule has 47 heavy (non-hydrogen) atoms. The predicted octanol–water partition coefficient (Wildman–Crippen LogP) is 13.9. The second kappa shape index (κ2) is 19.0. The zero-order valence-corrected chi connectivity index (χ0v) is 32.6. The number of carbonyl (C=O) groups is 1. The van der Waals surface area contributed by atoms with Crippen molar-refractivity contribution < 1.29 is 9.53 Å². The summed E-state index contributed by atoms with van der Waals surface area (Å²) in [5.41, 5.74) is 0.775. The summed E-state index contributed by atoms with van der Waals surface area (Å²) in [6.07, 6.45) is 36.9. The van der Waals surface area contributed by atoms with E-state index in [9.17, 15) is 4.79 Å². The lowest BCUT2D eigenvalue weighted by molar-refractivity contribution is -0.157. The van der Waals surface area contributed by atoms with Crippen LogP contribution in [0.15, 0.2) is 12.2 Å². The third kappa shape index (κ3) is 10.1. The van der Waals surface area contributed by atoms with E-state index in [1.54, 1.807) is 0 Å². The maximum atomic E-state index is 12.8. The van der Waals surface area contributed by atoms with Crippen LogP contribution < -0.4 is 0 Å². The Labute approximate surface area is 293 Å². The van der Waals surface area contributed by atoms with E-state index in [4.69, 9.17) is 4.74 Å². The SMILES string of the molecule is CCCCCCCCCCCCCCCC(=O)OC1CCC2(C)C(CCC3C4CCC(C(C)CCC(CC)C(C)C)C4(C)C=CC32)C1. The van der Waals surface area contributed by atoms with E-state index in [1.165, 1.54) is 128 Å². The summed E-state index contributed by atoms with van der Waals surface area (Å²) in [6.45, 7) is 17.4. The van der Waals surface area contributed by atoms with E-state index in [0.717, 1.165) is 60.7 Å².